The Bertz CT molecular complexity index is 1520. The summed E-state index contributed by atoms with van der Waals surface area (Å²) >= 11 is 3.52. The summed E-state index contributed by atoms with van der Waals surface area (Å²) in [6, 6.07) is 12.7. The minimum Gasteiger partial charge on any atom is -0.489 e. The number of rotatable bonds is 8. The van der Waals surface area contributed by atoms with Crippen LogP contribution in [0.4, 0.5) is 5.69 Å². The number of benzene rings is 2. The number of Topliss-reactive ketones (excluding diaryl/α,β-unsaturated/α-hetero) is 1. The molecule has 0 spiro atoms. The first kappa shape index (κ1) is 31.2. The fourth-order valence-corrected chi connectivity index (χ4v) is 9.46. The summed E-state index contributed by atoms with van der Waals surface area (Å²) in [7, 11) is 0. The van der Waals surface area contributed by atoms with Crippen molar-refractivity contribution in [2.75, 3.05) is 12.3 Å². The highest BCUT2D eigenvalue weighted by Gasteiger charge is 2.65. The van der Waals surface area contributed by atoms with E-state index in [0.717, 1.165) is 24.0 Å². The second-order valence-electron chi connectivity index (χ2n) is 13.4. The number of fused-ring (bicyclic) bond motifs is 5. The number of aliphatic hydroxyl groups excluding tert-OH is 3. The molecule has 0 radical (unpaired) electrons. The zero-order valence-corrected chi connectivity index (χ0v) is 26.6. The molecule has 2 aromatic carbocycles. The van der Waals surface area contributed by atoms with E-state index < -0.39 is 41.9 Å². The van der Waals surface area contributed by atoms with E-state index in [1.165, 1.54) is 0 Å². The Hall–Kier alpha value is -2.82. The van der Waals surface area contributed by atoms with Gasteiger partial charge in [-0.1, -0.05) is 53.6 Å². The Balaban J connectivity index is 1.25. The van der Waals surface area contributed by atoms with Crippen LogP contribution >= 0.6 is 15.9 Å². The quantitative estimate of drug-likeness (QED) is 0.227. The van der Waals surface area contributed by atoms with Crippen molar-refractivity contribution in [2.45, 2.75) is 64.6 Å². The topological polar surface area (TPSA) is 139 Å². The van der Waals surface area contributed by atoms with Crippen LogP contribution in [0.3, 0.4) is 0 Å². The van der Waals surface area contributed by atoms with Crippen molar-refractivity contribution in [1.29, 1.82) is 0 Å². The first-order valence-electron chi connectivity index (χ1n) is 15.3. The molecule has 0 heterocycles. The summed E-state index contributed by atoms with van der Waals surface area (Å²) in [5.74, 6) is -0.532. The molecule has 3 unspecified atom stereocenters. The number of aliphatic hydroxyl groups is 3. The molecule has 0 aliphatic heterocycles. The van der Waals surface area contributed by atoms with Gasteiger partial charge in [0.1, 0.15) is 19.0 Å². The molecule has 6 rings (SSSR count). The van der Waals surface area contributed by atoms with Crippen LogP contribution in [0.2, 0.25) is 0 Å². The van der Waals surface area contributed by atoms with Crippen molar-refractivity contribution in [3.8, 4) is 5.75 Å². The molecular formula is C35H40BrNO7. The number of nitrogens with two attached hydrogens (primary N) is 1. The van der Waals surface area contributed by atoms with E-state index >= 15 is 0 Å². The minimum absolute atomic E-state index is 0.0200. The molecular weight excluding hydrogens is 626 g/mol. The number of allylic oxidation sites excluding steroid dienone is 4. The van der Waals surface area contributed by atoms with Crippen LogP contribution in [0.15, 0.2) is 70.7 Å². The van der Waals surface area contributed by atoms with Gasteiger partial charge in [0.15, 0.2) is 17.9 Å². The van der Waals surface area contributed by atoms with Gasteiger partial charge in [-0.2, -0.15) is 0 Å². The maximum absolute atomic E-state index is 13.4. The van der Waals surface area contributed by atoms with E-state index in [0.29, 0.717) is 40.9 Å². The van der Waals surface area contributed by atoms with Gasteiger partial charge in [0.2, 0.25) is 0 Å². The number of ether oxygens (including phenoxy) is 2. The normalized spacial score (nSPS) is 34.9. The smallest absolute Gasteiger partial charge is 0.182 e. The van der Waals surface area contributed by atoms with Crippen molar-refractivity contribution >= 4 is 33.2 Å². The highest BCUT2D eigenvalue weighted by molar-refractivity contribution is 9.10. The summed E-state index contributed by atoms with van der Waals surface area (Å²) in [5, 5.41) is 33.1. The highest BCUT2D eigenvalue weighted by atomic mass is 79.9. The Labute approximate surface area is 266 Å². The molecule has 3 fully saturated rings. The molecule has 0 amide bonds. The lowest BCUT2D eigenvalue weighted by atomic mass is 9.46. The molecule has 0 bridgehead atoms. The molecule has 9 heteroatoms. The predicted octanol–water partition coefficient (Wildman–Crippen LogP) is 5.05. The molecule has 2 aromatic rings. The molecule has 5 N–H and O–H groups in total. The number of carbonyl (C=O) groups excluding carboxylic acids is 2. The monoisotopic (exact) mass is 665 g/mol. The summed E-state index contributed by atoms with van der Waals surface area (Å²) in [5.41, 5.74) is 7.89. The van der Waals surface area contributed by atoms with Crippen molar-refractivity contribution in [2.24, 2.45) is 34.5 Å². The van der Waals surface area contributed by atoms with Crippen LogP contribution in [-0.2, 0) is 20.9 Å². The third kappa shape index (κ3) is 5.36. The SMILES string of the molecule is C[C@]12C=CC(=O)C=C1CC[C@@H]1C2[C@@H](O)C[C@@]2(C)C1CC(O[C@@H](O)c1cc(OCc3cccc(N)c3)ccc1Br)[C@@H]2C(=O)CO. The Kier molecular flexibility index (Phi) is 8.39. The van der Waals surface area contributed by atoms with Crippen molar-refractivity contribution in [1.82, 2.24) is 0 Å². The fraction of sp³-hybridized carbons (Fsp3) is 0.486. The molecule has 3 saturated carbocycles. The molecule has 44 heavy (non-hydrogen) atoms. The largest absolute Gasteiger partial charge is 0.489 e. The van der Waals surface area contributed by atoms with Gasteiger partial charge in [-0.3, -0.25) is 9.59 Å². The second-order valence-corrected chi connectivity index (χ2v) is 14.2. The van der Waals surface area contributed by atoms with Crippen LogP contribution in [0.1, 0.15) is 56.9 Å². The van der Waals surface area contributed by atoms with E-state index in [-0.39, 0.29) is 29.3 Å². The average molecular weight is 667 g/mol. The van der Waals surface area contributed by atoms with Gasteiger partial charge >= 0.3 is 0 Å². The van der Waals surface area contributed by atoms with Crippen LogP contribution < -0.4 is 10.5 Å². The number of nitrogen functional groups attached to an aromatic ring is 1. The molecule has 234 valence electrons. The molecule has 4 aliphatic carbocycles. The first-order valence-corrected chi connectivity index (χ1v) is 16.1. The maximum Gasteiger partial charge on any atom is 0.182 e. The summed E-state index contributed by atoms with van der Waals surface area (Å²) in [6.07, 6.45) is 4.96. The average Bonchev–Trinajstić information content (AvgIpc) is 3.27. The predicted molar refractivity (Wildman–Crippen MR) is 168 cm³/mol. The lowest BCUT2D eigenvalue weighted by Crippen LogP contribution is -2.56. The van der Waals surface area contributed by atoms with Gasteiger partial charge in [-0.25, -0.2) is 0 Å². The number of hydrogen-bond donors (Lipinski definition) is 4. The molecule has 9 atom stereocenters. The Morgan fingerprint density at radius 1 is 1.20 bits per heavy atom. The second kappa shape index (κ2) is 11.8. The van der Waals surface area contributed by atoms with E-state index in [4.69, 9.17) is 15.2 Å². The number of halogens is 1. The third-order valence-corrected chi connectivity index (χ3v) is 11.6. The van der Waals surface area contributed by atoms with E-state index in [2.05, 4.69) is 22.9 Å². The van der Waals surface area contributed by atoms with Gasteiger partial charge in [0, 0.05) is 27.1 Å². The lowest BCUT2D eigenvalue weighted by molar-refractivity contribution is -0.167. The van der Waals surface area contributed by atoms with Crippen molar-refractivity contribution in [3.63, 3.8) is 0 Å². The zero-order valence-electron chi connectivity index (χ0n) is 25.0. The van der Waals surface area contributed by atoms with E-state index in [1.54, 1.807) is 30.4 Å². The highest BCUT2D eigenvalue weighted by Crippen LogP contribution is 2.66. The minimum atomic E-state index is -1.37. The molecule has 8 nitrogen and oxygen atoms in total. The van der Waals surface area contributed by atoms with Gasteiger partial charge in [-0.05, 0) is 91.0 Å². The van der Waals surface area contributed by atoms with Crippen molar-refractivity contribution in [3.05, 3.63) is 81.9 Å². The number of hydrogen-bond acceptors (Lipinski definition) is 8. The van der Waals surface area contributed by atoms with E-state index in [9.17, 15) is 24.9 Å². The molecule has 0 aromatic heterocycles. The Morgan fingerprint density at radius 2 is 2.00 bits per heavy atom. The molecule has 4 aliphatic rings. The van der Waals surface area contributed by atoms with Crippen molar-refractivity contribution < 1.29 is 34.4 Å². The number of ketones is 2. The molecule has 0 saturated heterocycles. The zero-order chi connectivity index (χ0) is 31.4. The number of carbonyl (C=O) groups is 2. The summed E-state index contributed by atoms with van der Waals surface area (Å²) < 4.78 is 12.9. The summed E-state index contributed by atoms with van der Waals surface area (Å²) in [6.45, 7) is 3.79. The standard InChI is InChI=1S/C35H40BrNO7/c1-34-11-10-22(39)13-20(34)6-8-24-26-15-30(32(29(41)17-38)35(26,2)16-28(40)31(24)34)44-33(42)25-14-23(7-9-27(25)36)43-18-19-4-3-5-21(37)12-19/h3-5,7,9-14,24,26,28,30-33,38,40,42H,6,8,15-18,37H2,1-2H3/t24-,26?,28-,30?,31?,32-,33+,34-,35-/m0/s1. The van der Waals surface area contributed by atoms with Gasteiger partial charge in [0.05, 0.1) is 18.1 Å². The third-order valence-electron chi connectivity index (χ3n) is 10.9. The first-order chi connectivity index (χ1) is 20.9. The van der Waals surface area contributed by atoms with Gasteiger partial charge in [-0.15, -0.1) is 0 Å². The summed E-state index contributed by atoms with van der Waals surface area (Å²) in [4.78, 5) is 25.5. The maximum atomic E-state index is 13.4. The van der Waals surface area contributed by atoms with Crippen LogP contribution in [0.5, 0.6) is 5.75 Å². The van der Waals surface area contributed by atoms with Crippen LogP contribution in [-0.4, -0.2) is 45.7 Å². The van der Waals surface area contributed by atoms with E-state index in [1.807, 2.05) is 37.3 Å². The number of anilines is 1. The van der Waals surface area contributed by atoms with Crippen LogP contribution in [0.25, 0.3) is 0 Å². The lowest BCUT2D eigenvalue weighted by Gasteiger charge is -2.58. The van der Waals surface area contributed by atoms with Gasteiger partial charge in [0.25, 0.3) is 0 Å². The fourth-order valence-electron chi connectivity index (χ4n) is 9.01. The Morgan fingerprint density at radius 3 is 2.75 bits per heavy atom. The van der Waals surface area contributed by atoms with Crippen LogP contribution in [0, 0.1) is 34.5 Å². The van der Waals surface area contributed by atoms with Gasteiger partial charge < -0.3 is 30.5 Å².